The summed E-state index contributed by atoms with van der Waals surface area (Å²) in [6, 6.07) is 1.82. The Balaban J connectivity index is 2.90. The quantitative estimate of drug-likeness (QED) is 0.594. The lowest BCUT2D eigenvalue weighted by Crippen LogP contribution is -2.13. The third kappa shape index (κ3) is 3.20. The first kappa shape index (κ1) is 11.9. The van der Waals surface area contributed by atoms with Gasteiger partial charge in [0, 0.05) is 9.77 Å². The number of hydrogen-bond donors (Lipinski definition) is 0. The van der Waals surface area contributed by atoms with Gasteiger partial charge in [0.05, 0.1) is 10.6 Å². The number of pyridine rings is 1. The van der Waals surface area contributed by atoms with Crippen molar-refractivity contribution in [1.82, 2.24) is 4.98 Å². The van der Waals surface area contributed by atoms with E-state index in [-0.39, 0.29) is 6.10 Å². The van der Waals surface area contributed by atoms with Gasteiger partial charge >= 0.3 is 5.97 Å². The fourth-order valence-electron chi connectivity index (χ4n) is 0.835. The van der Waals surface area contributed by atoms with Crippen LogP contribution in [0.1, 0.15) is 24.3 Å². The summed E-state index contributed by atoms with van der Waals surface area (Å²) in [5.74, 6) is -0.400. The molecule has 0 amide bonds. The van der Waals surface area contributed by atoms with Crippen molar-refractivity contribution in [1.29, 1.82) is 0 Å². The first-order chi connectivity index (χ1) is 6.50. The topological polar surface area (TPSA) is 39.2 Å². The Hall–Kier alpha value is -0.170. The zero-order chi connectivity index (χ0) is 10.7. The van der Waals surface area contributed by atoms with Crippen molar-refractivity contribution in [2.75, 3.05) is 0 Å². The monoisotopic (exact) mass is 369 g/mol. The number of halogens is 2. The third-order valence-electron chi connectivity index (χ3n) is 1.34. The molecular formula is C9H9BrINO2. The Bertz CT molecular complexity index is 355. The van der Waals surface area contributed by atoms with Crippen LogP contribution in [-0.2, 0) is 4.74 Å². The summed E-state index contributed by atoms with van der Waals surface area (Å²) >= 11 is 5.40. The van der Waals surface area contributed by atoms with Crippen LogP contribution in [-0.4, -0.2) is 17.1 Å². The molecule has 1 heterocycles. The highest BCUT2D eigenvalue weighted by Gasteiger charge is 2.14. The summed E-state index contributed by atoms with van der Waals surface area (Å²) in [6.45, 7) is 3.61. The van der Waals surface area contributed by atoms with Gasteiger partial charge in [-0.05, 0) is 58.4 Å². The molecule has 0 unspecified atom stereocenters. The molecule has 0 aliphatic carbocycles. The maximum atomic E-state index is 11.5. The maximum absolute atomic E-state index is 11.5. The second-order valence-electron chi connectivity index (χ2n) is 2.94. The van der Waals surface area contributed by atoms with E-state index in [0.29, 0.717) is 10.2 Å². The first-order valence-electron chi connectivity index (χ1n) is 4.02. The molecule has 0 N–H and O–H groups in total. The predicted molar refractivity (Wildman–Crippen MR) is 65.2 cm³/mol. The lowest BCUT2D eigenvalue weighted by Gasteiger charge is -2.08. The molecule has 14 heavy (non-hydrogen) atoms. The molecule has 3 nitrogen and oxygen atoms in total. The van der Waals surface area contributed by atoms with Crippen molar-refractivity contribution >= 4 is 44.5 Å². The van der Waals surface area contributed by atoms with Gasteiger partial charge in [-0.3, -0.25) is 0 Å². The fourth-order valence-corrected chi connectivity index (χ4v) is 2.22. The Labute approximate surface area is 105 Å². The highest BCUT2D eigenvalue weighted by molar-refractivity contribution is 14.1. The Kier molecular flexibility index (Phi) is 4.31. The van der Waals surface area contributed by atoms with Crippen LogP contribution in [0.3, 0.4) is 0 Å². The normalized spacial score (nSPS) is 10.4. The van der Waals surface area contributed by atoms with Crippen molar-refractivity contribution in [3.63, 3.8) is 0 Å². The highest BCUT2D eigenvalue weighted by atomic mass is 127. The van der Waals surface area contributed by atoms with E-state index < -0.39 is 5.97 Å². The summed E-state index contributed by atoms with van der Waals surface area (Å²) in [5, 5.41) is 0. The van der Waals surface area contributed by atoms with Crippen LogP contribution in [0.25, 0.3) is 0 Å². The van der Waals surface area contributed by atoms with E-state index in [1.165, 1.54) is 0 Å². The SMILES string of the molecule is CC(C)OC(=O)c1ncc(I)cc1Br. The summed E-state index contributed by atoms with van der Waals surface area (Å²) in [5.41, 5.74) is 0.319. The Morgan fingerprint density at radius 1 is 1.64 bits per heavy atom. The second kappa shape index (κ2) is 5.06. The Morgan fingerprint density at radius 3 is 2.79 bits per heavy atom. The van der Waals surface area contributed by atoms with Gasteiger partial charge in [-0.15, -0.1) is 0 Å². The number of rotatable bonds is 2. The average molecular weight is 370 g/mol. The van der Waals surface area contributed by atoms with Gasteiger partial charge in [0.1, 0.15) is 0 Å². The van der Waals surface area contributed by atoms with Crippen molar-refractivity contribution < 1.29 is 9.53 Å². The molecule has 76 valence electrons. The van der Waals surface area contributed by atoms with Gasteiger partial charge in [-0.1, -0.05) is 0 Å². The van der Waals surface area contributed by atoms with Gasteiger partial charge in [0.25, 0.3) is 0 Å². The summed E-state index contributed by atoms with van der Waals surface area (Å²) in [4.78, 5) is 15.5. The minimum atomic E-state index is -0.400. The molecule has 0 radical (unpaired) electrons. The van der Waals surface area contributed by atoms with Crippen LogP contribution in [0.2, 0.25) is 0 Å². The molecule has 0 aromatic carbocycles. The number of hydrogen-bond acceptors (Lipinski definition) is 3. The molecule has 1 aromatic heterocycles. The van der Waals surface area contributed by atoms with E-state index in [1.54, 1.807) is 20.0 Å². The minimum absolute atomic E-state index is 0.129. The van der Waals surface area contributed by atoms with E-state index in [1.807, 2.05) is 6.07 Å². The molecule has 0 bridgehead atoms. The van der Waals surface area contributed by atoms with E-state index >= 15 is 0 Å². The Morgan fingerprint density at radius 2 is 2.29 bits per heavy atom. The van der Waals surface area contributed by atoms with E-state index in [9.17, 15) is 4.79 Å². The minimum Gasteiger partial charge on any atom is -0.458 e. The lowest BCUT2D eigenvalue weighted by atomic mass is 10.3. The first-order valence-corrected chi connectivity index (χ1v) is 5.90. The molecular weight excluding hydrogens is 361 g/mol. The van der Waals surface area contributed by atoms with Crippen LogP contribution in [0.15, 0.2) is 16.7 Å². The van der Waals surface area contributed by atoms with Crippen LogP contribution in [0, 0.1) is 3.57 Å². The highest BCUT2D eigenvalue weighted by Crippen LogP contribution is 2.18. The number of ether oxygens (including phenoxy) is 1. The summed E-state index contributed by atoms with van der Waals surface area (Å²) in [7, 11) is 0. The molecule has 0 aliphatic heterocycles. The number of aromatic nitrogens is 1. The second-order valence-corrected chi connectivity index (χ2v) is 5.04. The van der Waals surface area contributed by atoms with Crippen molar-refractivity contribution in [2.45, 2.75) is 20.0 Å². The largest absolute Gasteiger partial charge is 0.458 e. The lowest BCUT2D eigenvalue weighted by molar-refractivity contribution is 0.0369. The van der Waals surface area contributed by atoms with Crippen molar-refractivity contribution in [2.24, 2.45) is 0 Å². The maximum Gasteiger partial charge on any atom is 0.358 e. The van der Waals surface area contributed by atoms with Crippen LogP contribution in [0.4, 0.5) is 0 Å². The van der Waals surface area contributed by atoms with Crippen LogP contribution < -0.4 is 0 Å². The molecule has 0 fully saturated rings. The molecule has 5 heteroatoms. The zero-order valence-corrected chi connectivity index (χ0v) is 11.5. The van der Waals surface area contributed by atoms with Crippen LogP contribution in [0.5, 0.6) is 0 Å². The smallest absolute Gasteiger partial charge is 0.358 e. The molecule has 0 saturated heterocycles. The van der Waals surface area contributed by atoms with Gasteiger partial charge in [-0.25, -0.2) is 9.78 Å². The van der Waals surface area contributed by atoms with E-state index in [2.05, 4.69) is 43.5 Å². The van der Waals surface area contributed by atoms with Crippen molar-refractivity contribution in [3.8, 4) is 0 Å². The summed E-state index contributed by atoms with van der Waals surface area (Å²) in [6.07, 6.45) is 1.50. The van der Waals surface area contributed by atoms with Crippen LogP contribution >= 0.6 is 38.5 Å². The molecule has 0 saturated carbocycles. The zero-order valence-electron chi connectivity index (χ0n) is 7.75. The number of esters is 1. The average Bonchev–Trinajstić information content (AvgIpc) is 2.01. The molecule has 0 atom stereocenters. The molecule has 0 aliphatic rings. The molecule has 0 spiro atoms. The number of carbonyl (C=O) groups is 1. The van der Waals surface area contributed by atoms with E-state index in [4.69, 9.17) is 4.74 Å². The van der Waals surface area contributed by atoms with Crippen molar-refractivity contribution in [3.05, 3.63) is 26.0 Å². The van der Waals surface area contributed by atoms with Gasteiger partial charge in [0.15, 0.2) is 5.69 Å². The van der Waals surface area contributed by atoms with Gasteiger partial charge in [0.2, 0.25) is 0 Å². The summed E-state index contributed by atoms with van der Waals surface area (Å²) < 4.78 is 6.65. The number of carbonyl (C=O) groups excluding carboxylic acids is 1. The number of nitrogens with zero attached hydrogens (tertiary/aromatic N) is 1. The van der Waals surface area contributed by atoms with Gasteiger partial charge in [-0.2, -0.15) is 0 Å². The van der Waals surface area contributed by atoms with Gasteiger partial charge < -0.3 is 4.74 Å². The molecule has 1 aromatic rings. The molecule has 1 rings (SSSR count). The predicted octanol–water partition coefficient (Wildman–Crippen LogP) is 3.01. The third-order valence-corrected chi connectivity index (χ3v) is 2.54. The van der Waals surface area contributed by atoms with E-state index in [0.717, 1.165) is 3.57 Å². The standard InChI is InChI=1S/C9H9BrINO2/c1-5(2)14-9(13)8-7(10)3-6(11)4-12-8/h3-5H,1-2H3. The fraction of sp³-hybridized carbons (Fsp3) is 0.333.